The molecule has 2 aliphatic carbocycles. The van der Waals surface area contributed by atoms with E-state index in [2.05, 4.69) is 140 Å². The Balaban J connectivity index is 1.44. The van der Waals surface area contributed by atoms with Crippen LogP contribution in [0.25, 0.3) is 60.6 Å². The smallest absolute Gasteiger partial charge is 0.00680 e. The first kappa shape index (κ1) is 23.2. The summed E-state index contributed by atoms with van der Waals surface area (Å²) >= 11 is 0. The molecule has 0 aliphatic heterocycles. The Labute approximate surface area is 235 Å². The molecule has 0 bridgehead atoms. The van der Waals surface area contributed by atoms with E-state index in [-0.39, 0.29) is 0 Å². The van der Waals surface area contributed by atoms with Gasteiger partial charge in [-0.15, -0.1) is 0 Å². The first-order chi connectivity index (χ1) is 19.9. The first-order valence-electron chi connectivity index (χ1n) is 14.5. The van der Waals surface area contributed by atoms with E-state index in [4.69, 9.17) is 0 Å². The maximum Gasteiger partial charge on any atom is 0.00680 e. The number of benzene rings is 6. The summed E-state index contributed by atoms with van der Waals surface area (Å²) in [6.45, 7) is 0. The maximum absolute atomic E-state index is 2.41. The van der Waals surface area contributed by atoms with Crippen molar-refractivity contribution in [3.05, 3.63) is 150 Å². The minimum absolute atomic E-state index is 0.388. The summed E-state index contributed by atoms with van der Waals surface area (Å²) < 4.78 is 0. The van der Waals surface area contributed by atoms with Gasteiger partial charge >= 0.3 is 0 Å². The van der Waals surface area contributed by atoms with Gasteiger partial charge in [-0.2, -0.15) is 0 Å². The van der Waals surface area contributed by atoms with Gasteiger partial charge in [0.05, 0.1) is 0 Å². The van der Waals surface area contributed by atoms with Gasteiger partial charge in [-0.25, -0.2) is 0 Å². The molecule has 0 saturated heterocycles. The van der Waals surface area contributed by atoms with Crippen molar-refractivity contribution in [2.45, 2.75) is 25.2 Å². The number of rotatable bonds is 3. The van der Waals surface area contributed by atoms with Crippen molar-refractivity contribution in [3.8, 4) is 22.3 Å². The normalized spacial score (nSPS) is 16.1. The van der Waals surface area contributed by atoms with Crippen LogP contribution in [0.5, 0.6) is 0 Å². The van der Waals surface area contributed by atoms with Gasteiger partial charge in [0.2, 0.25) is 0 Å². The zero-order valence-electron chi connectivity index (χ0n) is 22.5. The molecule has 0 nitrogen and oxygen atoms in total. The lowest BCUT2D eigenvalue weighted by molar-refractivity contribution is 0.870. The van der Waals surface area contributed by atoms with Crippen molar-refractivity contribution >= 4 is 38.4 Å². The van der Waals surface area contributed by atoms with Crippen molar-refractivity contribution in [1.82, 2.24) is 0 Å². The van der Waals surface area contributed by atoms with E-state index in [0.717, 1.165) is 19.3 Å². The average Bonchev–Trinajstić information content (AvgIpc) is 3.03. The lowest BCUT2D eigenvalue weighted by Gasteiger charge is -2.25. The highest BCUT2D eigenvalue weighted by Gasteiger charge is 2.23. The average molecular weight is 511 g/mol. The highest BCUT2D eigenvalue weighted by Crippen LogP contribution is 2.47. The fourth-order valence-electron chi connectivity index (χ4n) is 7.13. The van der Waals surface area contributed by atoms with Gasteiger partial charge in [0, 0.05) is 5.92 Å². The molecule has 0 radical (unpaired) electrons. The summed E-state index contributed by atoms with van der Waals surface area (Å²) in [4.78, 5) is 0. The van der Waals surface area contributed by atoms with Gasteiger partial charge in [0.1, 0.15) is 0 Å². The van der Waals surface area contributed by atoms with Crippen LogP contribution in [-0.4, -0.2) is 0 Å². The summed E-state index contributed by atoms with van der Waals surface area (Å²) in [5, 5.41) is 8.06. The molecule has 0 fully saturated rings. The molecule has 8 rings (SSSR count). The fourth-order valence-corrected chi connectivity index (χ4v) is 7.13. The minimum atomic E-state index is 0.388. The number of hydrogen-bond donors (Lipinski definition) is 0. The Bertz CT molecular complexity index is 1970. The Morgan fingerprint density at radius 3 is 1.95 bits per heavy atom. The number of allylic oxidation sites excluding steroid dienone is 5. The van der Waals surface area contributed by atoms with Crippen molar-refractivity contribution in [1.29, 1.82) is 0 Å². The van der Waals surface area contributed by atoms with Crippen LogP contribution in [0.1, 0.15) is 35.4 Å². The molecule has 1 atom stereocenters. The Hall–Kier alpha value is -4.68. The maximum atomic E-state index is 2.41. The molecule has 0 aromatic heterocycles. The highest BCUT2D eigenvalue weighted by atomic mass is 14.3. The van der Waals surface area contributed by atoms with Gasteiger partial charge < -0.3 is 0 Å². The van der Waals surface area contributed by atoms with Crippen LogP contribution in [0.2, 0.25) is 0 Å². The molecule has 0 N–H and O–H groups in total. The lowest BCUT2D eigenvalue weighted by Crippen LogP contribution is -2.03. The van der Waals surface area contributed by atoms with E-state index in [1.54, 1.807) is 0 Å². The Morgan fingerprint density at radius 1 is 0.525 bits per heavy atom. The van der Waals surface area contributed by atoms with Gasteiger partial charge in [-0.3, -0.25) is 0 Å². The zero-order chi connectivity index (χ0) is 26.5. The van der Waals surface area contributed by atoms with Crippen molar-refractivity contribution in [2.24, 2.45) is 0 Å². The standard InChI is InChI=1S/C40H30/c1-2-14-28(15-3-1)39-34-20-8-10-22-36(34)40(37-23-11-9-21-35(37)39)38-26-25-33(31-18-6-7-19-32(31)38)30-24-12-16-27-13-4-5-17-29(27)30/h1-6,8-14,16-18,20-26,28H,7,15,19H2. The summed E-state index contributed by atoms with van der Waals surface area (Å²) in [6.07, 6.45) is 17.0. The summed E-state index contributed by atoms with van der Waals surface area (Å²) in [5.41, 5.74) is 9.69. The molecule has 0 heteroatoms. The van der Waals surface area contributed by atoms with E-state index >= 15 is 0 Å². The molecule has 0 spiro atoms. The van der Waals surface area contributed by atoms with Crippen LogP contribution in [0.4, 0.5) is 0 Å². The first-order valence-corrected chi connectivity index (χ1v) is 14.5. The van der Waals surface area contributed by atoms with Crippen LogP contribution in [-0.2, 0) is 6.42 Å². The molecule has 0 amide bonds. The van der Waals surface area contributed by atoms with E-state index in [1.165, 1.54) is 71.3 Å². The number of hydrogen-bond acceptors (Lipinski definition) is 0. The second-order valence-corrected chi connectivity index (χ2v) is 11.1. The highest BCUT2D eigenvalue weighted by molar-refractivity contribution is 6.16. The van der Waals surface area contributed by atoms with Crippen molar-refractivity contribution in [3.63, 3.8) is 0 Å². The summed E-state index contributed by atoms with van der Waals surface area (Å²) in [7, 11) is 0. The molecular formula is C40H30. The SMILES string of the molecule is C1=CCC(c2c3ccccc3c(-c3ccc(-c4cccc5ccccc45)c4c3CCC=C4)c3ccccc23)C=C1. The molecule has 6 aromatic carbocycles. The predicted molar refractivity (Wildman–Crippen MR) is 173 cm³/mol. The second-order valence-electron chi connectivity index (χ2n) is 11.1. The van der Waals surface area contributed by atoms with Crippen molar-refractivity contribution < 1.29 is 0 Å². The molecular weight excluding hydrogens is 480 g/mol. The number of fused-ring (bicyclic) bond motifs is 4. The quantitative estimate of drug-likeness (QED) is 0.208. The van der Waals surface area contributed by atoms with Crippen LogP contribution in [0.15, 0.2) is 134 Å². The second kappa shape index (κ2) is 9.50. The third kappa shape index (κ3) is 3.60. The van der Waals surface area contributed by atoms with E-state index in [9.17, 15) is 0 Å². The summed E-state index contributed by atoms with van der Waals surface area (Å²) in [6, 6.07) is 38.4. The third-order valence-electron chi connectivity index (χ3n) is 8.88. The van der Waals surface area contributed by atoms with E-state index in [0.29, 0.717) is 5.92 Å². The Morgan fingerprint density at radius 2 is 1.20 bits per heavy atom. The zero-order valence-corrected chi connectivity index (χ0v) is 22.5. The molecule has 2 aliphatic rings. The third-order valence-corrected chi connectivity index (χ3v) is 8.88. The van der Waals surface area contributed by atoms with E-state index < -0.39 is 0 Å². The molecule has 6 aromatic rings. The lowest BCUT2D eigenvalue weighted by atomic mass is 9.78. The largest absolute Gasteiger partial charge is 0.0836 e. The molecule has 40 heavy (non-hydrogen) atoms. The van der Waals surface area contributed by atoms with Crippen LogP contribution in [0, 0.1) is 0 Å². The molecule has 1 unspecified atom stereocenters. The van der Waals surface area contributed by atoms with Crippen LogP contribution < -0.4 is 0 Å². The molecule has 190 valence electrons. The Kier molecular flexibility index (Phi) is 5.52. The van der Waals surface area contributed by atoms with Gasteiger partial charge in [0.25, 0.3) is 0 Å². The summed E-state index contributed by atoms with van der Waals surface area (Å²) in [5.74, 6) is 0.388. The van der Waals surface area contributed by atoms with Gasteiger partial charge in [-0.1, -0.05) is 140 Å². The minimum Gasteiger partial charge on any atom is -0.0836 e. The van der Waals surface area contributed by atoms with Gasteiger partial charge in [-0.05, 0) is 90.5 Å². The predicted octanol–water partition coefficient (Wildman–Crippen LogP) is 11.0. The molecule has 0 heterocycles. The van der Waals surface area contributed by atoms with E-state index in [1.807, 2.05) is 0 Å². The fraction of sp³-hybridized carbons (Fsp3) is 0.100. The van der Waals surface area contributed by atoms with Crippen molar-refractivity contribution in [2.75, 3.05) is 0 Å². The van der Waals surface area contributed by atoms with Crippen LogP contribution in [0.3, 0.4) is 0 Å². The topological polar surface area (TPSA) is 0 Å². The monoisotopic (exact) mass is 510 g/mol. The molecule has 0 saturated carbocycles. The van der Waals surface area contributed by atoms with Gasteiger partial charge in [0.15, 0.2) is 0 Å². The van der Waals surface area contributed by atoms with Crippen LogP contribution >= 0.6 is 0 Å².